The van der Waals surface area contributed by atoms with Gasteiger partial charge in [0.2, 0.25) is 0 Å². The molecule has 3 aromatic heterocycles. The van der Waals surface area contributed by atoms with E-state index in [-0.39, 0.29) is 11.6 Å². The molecule has 0 unspecified atom stereocenters. The van der Waals surface area contributed by atoms with Crippen molar-refractivity contribution in [3.05, 3.63) is 64.8 Å². The highest BCUT2D eigenvalue weighted by Gasteiger charge is 2.29. The van der Waals surface area contributed by atoms with Gasteiger partial charge in [0.15, 0.2) is 5.65 Å². The van der Waals surface area contributed by atoms with Crippen LogP contribution in [0.3, 0.4) is 0 Å². The first-order valence-electron chi connectivity index (χ1n) is 11.1. The summed E-state index contributed by atoms with van der Waals surface area (Å²) >= 11 is 0. The zero-order valence-corrected chi connectivity index (χ0v) is 17.9. The van der Waals surface area contributed by atoms with Crippen molar-refractivity contribution in [2.45, 2.75) is 52.5 Å². The first-order valence-corrected chi connectivity index (χ1v) is 11.1. The maximum Gasteiger partial charge on any atom is 0.261 e. The van der Waals surface area contributed by atoms with E-state index in [0.29, 0.717) is 17.2 Å². The molecule has 1 aromatic carbocycles. The molecule has 0 radical (unpaired) electrons. The molecule has 154 valence electrons. The summed E-state index contributed by atoms with van der Waals surface area (Å²) in [4.78, 5) is 18.2. The molecule has 5 rings (SSSR count). The second-order valence-corrected chi connectivity index (χ2v) is 8.70. The molecule has 0 N–H and O–H groups in total. The van der Waals surface area contributed by atoms with Crippen molar-refractivity contribution in [2.24, 2.45) is 11.8 Å². The lowest BCUT2D eigenvalue weighted by atomic mass is 9.78. The van der Waals surface area contributed by atoms with E-state index in [1.54, 1.807) is 6.20 Å². The Labute approximate surface area is 176 Å². The van der Waals surface area contributed by atoms with E-state index in [0.717, 1.165) is 40.8 Å². The van der Waals surface area contributed by atoms with Crippen LogP contribution in [-0.4, -0.2) is 19.2 Å². The predicted molar refractivity (Wildman–Crippen MR) is 121 cm³/mol. The number of nitrogens with zero attached hydrogens (tertiary/aromatic N) is 4. The van der Waals surface area contributed by atoms with Crippen LogP contribution in [-0.2, 0) is 6.42 Å². The maximum atomic E-state index is 13.4. The van der Waals surface area contributed by atoms with Gasteiger partial charge in [0.1, 0.15) is 0 Å². The van der Waals surface area contributed by atoms with Gasteiger partial charge in [-0.05, 0) is 36.3 Å². The molecule has 0 saturated heterocycles. The van der Waals surface area contributed by atoms with Gasteiger partial charge in [-0.15, -0.1) is 0 Å². The first kappa shape index (κ1) is 19.0. The van der Waals surface area contributed by atoms with Crippen molar-refractivity contribution in [1.29, 1.82) is 0 Å². The van der Waals surface area contributed by atoms with Crippen LogP contribution in [0.1, 0.15) is 51.8 Å². The minimum atomic E-state index is 0.0441. The highest BCUT2D eigenvalue weighted by atomic mass is 16.1. The quantitative estimate of drug-likeness (QED) is 0.471. The fraction of sp³-hybridized carbons (Fsp3) is 0.400. The molecule has 3 atom stereocenters. The third kappa shape index (κ3) is 2.87. The SMILES string of the molecule is CCc1nn2c(ncc3c(=O)n([C@@H]4CCC[C@H](C)[C@H]4C)ccc32)c1-c1ccccc1. The van der Waals surface area contributed by atoms with Gasteiger partial charge >= 0.3 is 0 Å². The van der Waals surface area contributed by atoms with Gasteiger partial charge in [-0.1, -0.05) is 63.9 Å². The minimum Gasteiger partial charge on any atom is -0.311 e. The van der Waals surface area contributed by atoms with Gasteiger partial charge in [0, 0.05) is 24.0 Å². The Kier molecular flexibility index (Phi) is 4.69. The lowest BCUT2D eigenvalue weighted by Crippen LogP contribution is -2.33. The monoisotopic (exact) mass is 400 g/mol. The zero-order chi connectivity index (χ0) is 20.8. The van der Waals surface area contributed by atoms with Crippen molar-refractivity contribution >= 4 is 16.6 Å². The van der Waals surface area contributed by atoms with E-state index in [9.17, 15) is 4.79 Å². The van der Waals surface area contributed by atoms with Gasteiger partial charge < -0.3 is 4.57 Å². The van der Waals surface area contributed by atoms with Crippen LogP contribution >= 0.6 is 0 Å². The summed E-state index contributed by atoms with van der Waals surface area (Å²) in [6, 6.07) is 12.6. The van der Waals surface area contributed by atoms with Crippen molar-refractivity contribution < 1.29 is 0 Å². The van der Waals surface area contributed by atoms with Gasteiger partial charge in [-0.25, -0.2) is 9.50 Å². The second kappa shape index (κ2) is 7.38. The van der Waals surface area contributed by atoms with E-state index in [1.807, 2.05) is 39.5 Å². The number of fused-ring (bicyclic) bond motifs is 3. The van der Waals surface area contributed by atoms with Gasteiger partial charge in [0.25, 0.3) is 5.56 Å². The number of hydrogen-bond acceptors (Lipinski definition) is 3. The molecular formula is C25H28N4O. The summed E-state index contributed by atoms with van der Waals surface area (Å²) in [5, 5.41) is 5.49. The number of pyridine rings is 1. The van der Waals surface area contributed by atoms with E-state index in [1.165, 1.54) is 12.8 Å². The summed E-state index contributed by atoms with van der Waals surface area (Å²) in [6.45, 7) is 6.68. The average Bonchev–Trinajstić information content (AvgIpc) is 3.16. The third-order valence-electron chi connectivity index (χ3n) is 7.03. The van der Waals surface area contributed by atoms with Crippen molar-refractivity contribution in [3.8, 4) is 11.1 Å². The average molecular weight is 401 g/mol. The molecule has 0 aliphatic heterocycles. The summed E-state index contributed by atoms with van der Waals surface area (Å²) in [5.74, 6) is 1.13. The molecular weight excluding hydrogens is 372 g/mol. The molecule has 4 aromatic rings. The number of aromatic nitrogens is 4. The molecule has 5 heteroatoms. The van der Waals surface area contributed by atoms with Crippen LogP contribution < -0.4 is 5.56 Å². The molecule has 0 bridgehead atoms. The Hall–Kier alpha value is -2.95. The Bertz CT molecular complexity index is 1270. The van der Waals surface area contributed by atoms with Crippen LogP contribution in [0.15, 0.2) is 53.6 Å². The highest BCUT2D eigenvalue weighted by molar-refractivity contribution is 5.86. The topological polar surface area (TPSA) is 52.2 Å². The van der Waals surface area contributed by atoms with E-state index in [4.69, 9.17) is 10.1 Å². The van der Waals surface area contributed by atoms with E-state index < -0.39 is 0 Å². The van der Waals surface area contributed by atoms with Gasteiger partial charge in [-0.3, -0.25) is 4.79 Å². The Morgan fingerprint density at radius 1 is 1.10 bits per heavy atom. The summed E-state index contributed by atoms with van der Waals surface area (Å²) in [5.41, 5.74) is 4.84. The third-order valence-corrected chi connectivity index (χ3v) is 7.03. The smallest absolute Gasteiger partial charge is 0.261 e. The molecule has 0 spiro atoms. The fourth-order valence-electron chi connectivity index (χ4n) is 5.08. The zero-order valence-electron chi connectivity index (χ0n) is 17.9. The fourth-order valence-corrected chi connectivity index (χ4v) is 5.08. The van der Waals surface area contributed by atoms with Crippen LogP contribution in [0.4, 0.5) is 0 Å². The second-order valence-electron chi connectivity index (χ2n) is 8.70. The standard InChI is InChI=1S/C25H28N4O/c1-4-20-23(18-10-6-5-7-11-18)24-26-15-19-22(29(24)27-20)13-14-28(25(19)30)21-12-8-9-16(2)17(21)3/h5-7,10-11,13-17,21H,4,8-9,12H2,1-3H3/t16-,17+,21+/m0/s1. The Morgan fingerprint density at radius 3 is 2.67 bits per heavy atom. The van der Waals surface area contributed by atoms with Crippen LogP contribution in [0.25, 0.3) is 27.7 Å². The summed E-state index contributed by atoms with van der Waals surface area (Å²) in [7, 11) is 0. The molecule has 3 heterocycles. The number of rotatable bonds is 3. The van der Waals surface area contributed by atoms with Crippen molar-refractivity contribution in [2.75, 3.05) is 0 Å². The van der Waals surface area contributed by atoms with Crippen LogP contribution in [0, 0.1) is 11.8 Å². The number of benzene rings is 1. The molecule has 1 aliphatic rings. The minimum absolute atomic E-state index is 0.0441. The van der Waals surface area contributed by atoms with E-state index >= 15 is 0 Å². The van der Waals surface area contributed by atoms with Crippen molar-refractivity contribution in [1.82, 2.24) is 19.2 Å². The van der Waals surface area contributed by atoms with Gasteiger partial charge in [0.05, 0.1) is 16.6 Å². The van der Waals surface area contributed by atoms with Crippen molar-refractivity contribution in [3.63, 3.8) is 0 Å². The lowest BCUT2D eigenvalue weighted by Gasteiger charge is -2.35. The van der Waals surface area contributed by atoms with Gasteiger partial charge in [-0.2, -0.15) is 5.10 Å². The van der Waals surface area contributed by atoms with Crippen LogP contribution in [0.2, 0.25) is 0 Å². The maximum absolute atomic E-state index is 13.4. The first-order chi connectivity index (χ1) is 14.6. The number of aryl methyl sites for hydroxylation is 1. The Morgan fingerprint density at radius 2 is 1.90 bits per heavy atom. The summed E-state index contributed by atoms with van der Waals surface area (Å²) in [6.07, 6.45) is 8.01. The molecule has 0 amide bonds. The molecule has 1 aliphatic carbocycles. The largest absolute Gasteiger partial charge is 0.311 e. The molecule has 1 saturated carbocycles. The predicted octanol–water partition coefficient (Wildman–Crippen LogP) is 5.27. The molecule has 1 fully saturated rings. The Balaban J connectivity index is 1.71. The molecule has 5 nitrogen and oxygen atoms in total. The lowest BCUT2D eigenvalue weighted by molar-refractivity contribution is 0.183. The van der Waals surface area contributed by atoms with E-state index in [2.05, 4.69) is 32.9 Å². The van der Waals surface area contributed by atoms with Crippen LogP contribution in [0.5, 0.6) is 0 Å². The highest BCUT2D eigenvalue weighted by Crippen LogP contribution is 2.37. The normalized spacial score (nSPS) is 22.0. The number of hydrogen-bond donors (Lipinski definition) is 0. The summed E-state index contributed by atoms with van der Waals surface area (Å²) < 4.78 is 3.80. The molecule has 30 heavy (non-hydrogen) atoms.